The molecule has 2 aromatic heterocycles. The summed E-state index contributed by atoms with van der Waals surface area (Å²) >= 11 is 0. The maximum absolute atomic E-state index is 12.0. The maximum atomic E-state index is 12.0. The smallest absolute Gasteiger partial charge is 0.328 e. The van der Waals surface area contributed by atoms with Crippen LogP contribution < -0.4 is 20.7 Å². The maximum Gasteiger partial charge on any atom is 0.328 e. The zero-order chi connectivity index (χ0) is 25.1. The van der Waals surface area contributed by atoms with Gasteiger partial charge in [-0.05, 0) is 38.1 Å². The van der Waals surface area contributed by atoms with Crippen LogP contribution in [0, 0.1) is 13.8 Å². The van der Waals surface area contributed by atoms with Crippen molar-refractivity contribution in [2.75, 3.05) is 6.61 Å². The van der Waals surface area contributed by atoms with Gasteiger partial charge >= 0.3 is 5.69 Å². The molecule has 186 valence electrons. The molecule has 10 nitrogen and oxygen atoms in total. The molecule has 1 saturated heterocycles. The number of aromatic nitrogens is 5. The Kier molecular flexibility index (Phi) is 6.68. The molecule has 3 heterocycles. The number of nitrogens with one attached hydrogen (secondary N) is 1. The first-order chi connectivity index (χ1) is 17.4. The van der Waals surface area contributed by atoms with Gasteiger partial charge in [0, 0.05) is 18.7 Å². The zero-order valence-corrected chi connectivity index (χ0v) is 20.0. The molecule has 1 fully saturated rings. The van der Waals surface area contributed by atoms with Crippen LogP contribution in [0.25, 0.3) is 0 Å². The molecule has 0 unspecified atom stereocenters. The molecule has 1 aliphatic rings. The fourth-order valence-corrected chi connectivity index (χ4v) is 4.01. The van der Waals surface area contributed by atoms with E-state index >= 15 is 0 Å². The lowest BCUT2D eigenvalue weighted by atomic mass is 10.1. The fraction of sp³-hybridized carbons (Fsp3) is 0.308. The number of aromatic amines is 1. The minimum Gasteiger partial charge on any atom is -0.491 e. The average Bonchev–Trinajstić information content (AvgIpc) is 3.49. The van der Waals surface area contributed by atoms with Crippen molar-refractivity contribution < 1.29 is 14.2 Å². The predicted octanol–water partition coefficient (Wildman–Crippen LogP) is 2.61. The lowest BCUT2D eigenvalue weighted by molar-refractivity contribution is -0.0406. The third-order valence-electron chi connectivity index (χ3n) is 6.01. The molecule has 0 aliphatic carbocycles. The predicted molar refractivity (Wildman–Crippen MR) is 131 cm³/mol. The first kappa shape index (κ1) is 23.6. The summed E-state index contributed by atoms with van der Waals surface area (Å²) in [6, 6.07) is 17.0. The Labute approximate surface area is 207 Å². The van der Waals surface area contributed by atoms with Gasteiger partial charge in [-0.25, -0.2) is 9.48 Å². The van der Waals surface area contributed by atoms with E-state index in [1.165, 1.54) is 16.8 Å². The molecule has 2 aromatic carbocycles. The number of rotatable bonds is 8. The third kappa shape index (κ3) is 5.55. The highest BCUT2D eigenvalue weighted by Crippen LogP contribution is 2.32. The normalized spacial score (nSPS) is 19.3. The van der Waals surface area contributed by atoms with Gasteiger partial charge in [0.15, 0.2) is 6.23 Å². The van der Waals surface area contributed by atoms with Gasteiger partial charge in [0.25, 0.3) is 5.56 Å². The Hall–Kier alpha value is -4.18. The molecular formula is C26H27N5O5. The van der Waals surface area contributed by atoms with Gasteiger partial charge in [-0.3, -0.25) is 14.3 Å². The zero-order valence-electron chi connectivity index (χ0n) is 20.0. The Morgan fingerprint density at radius 1 is 1.00 bits per heavy atom. The van der Waals surface area contributed by atoms with Crippen LogP contribution in [0.1, 0.15) is 29.5 Å². The quantitative estimate of drug-likeness (QED) is 0.405. The summed E-state index contributed by atoms with van der Waals surface area (Å²) in [4.78, 5) is 25.5. The molecule has 0 saturated carbocycles. The van der Waals surface area contributed by atoms with Crippen molar-refractivity contribution in [1.82, 2.24) is 24.5 Å². The lowest BCUT2D eigenvalue weighted by Gasteiger charge is -2.20. The number of H-pyrrole nitrogens is 1. The first-order valence-electron chi connectivity index (χ1n) is 11.7. The van der Waals surface area contributed by atoms with Crippen LogP contribution in [0.3, 0.4) is 0 Å². The summed E-state index contributed by atoms with van der Waals surface area (Å²) in [5.74, 6) is 1.52. The van der Waals surface area contributed by atoms with E-state index in [9.17, 15) is 9.59 Å². The van der Waals surface area contributed by atoms with Gasteiger partial charge in [0.2, 0.25) is 0 Å². The van der Waals surface area contributed by atoms with Crippen molar-refractivity contribution in [3.8, 4) is 11.5 Å². The van der Waals surface area contributed by atoms with Gasteiger partial charge < -0.3 is 14.2 Å². The highest BCUT2D eigenvalue weighted by atomic mass is 16.6. The van der Waals surface area contributed by atoms with Gasteiger partial charge in [0.05, 0.1) is 12.7 Å². The number of aryl methyl sites for hydroxylation is 2. The SMILES string of the molecule is Cc1ccc(OC[C@H]2O[C@@H](n3cc(Cn4ccc(=O)[nH]c4=O)nn3)C[C@@H]2Oc2ccc(C)cc2)cc1. The first-order valence-corrected chi connectivity index (χ1v) is 11.7. The molecule has 0 radical (unpaired) electrons. The summed E-state index contributed by atoms with van der Waals surface area (Å²) in [5, 5.41) is 8.39. The van der Waals surface area contributed by atoms with Gasteiger partial charge in [-0.1, -0.05) is 40.6 Å². The Balaban J connectivity index is 1.30. The van der Waals surface area contributed by atoms with Crippen molar-refractivity contribution >= 4 is 0 Å². The summed E-state index contributed by atoms with van der Waals surface area (Å²) in [7, 11) is 0. The summed E-state index contributed by atoms with van der Waals surface area (Å²) < 4.78 is 21.6. The molecule has 4 aromatic rings. The van der Waals surface area contributed by atoms with E-state index in [4.69, 9.17) is 14.2 Å². The van der Waals surface area contributed by atoms with Crippen LogP contribution in [-0.4, -0.2) is 43.4 Å². The number of hydrogen-bond acceptors (Lipinski definition) is 7. The fourth-order valence-electron chi connectivity index (χ4n) is 4.01. The average molecular weight is 490 g/mol. The van der Waals surface area contributed by atoms with Crippen LogP contribution in [0.15, 0.2) is 76.6 Å². The molecule has 0 amide bonds. The number of benzene rings is 2. The van der Waals surface area contributed by atoms with E-state index in [0.29, 0.717) is 18.7 Å². The van der Waals surface area contributed by atoms with Crippen LogP contribution in [0.5, 0.6) is 11.5 Å². The Bertz CT molecular complexity index is 1420. The molecule has 0 spiro atoms. The molecule has 36 heavy (non-hydrogen) atoms. The Morgan fingerprint density at radius 2 is 1.69 bits per heavy atom. The summed E-state index contributed by atoms with van der Waals surface area (Å²) in [6.07, 6.45) is 2.67. The number of ether oxygens (including phenoxy) is 3. The van der Waals surface area contributed by atoms with Crippen molar-refractivity contribution in [3.05, 3.63) is 105 Å². The van der Waals surface area contributed by atoms with Crippen molar-refractivity contribution in [1.29, 1.82) is 0 Å². The Morgan fingerprint density at radius 3 is 2.39 bits per heavy atom. The van der Waals surface area contributed by atoms with Crippen LogP contribution in [0.4, 0.5) is 0 Å². The molecule has 5 rings (SSSR count). The second-order valence-corrected chi connectivity index (χ2v) is 8.89. The minimum absolute atomic E-state index is 0.172. The monoisotopic (exact) mass is 489 g/mol. The minimum atomic E-state index is -0.506. The summed E-state index contributed by atoms with van der Waals surface area (Å²) in [5.41, 5.74) is 1.92. The van der Waals surface area contributed by atoms with Crippen molar-refractivity contribution in [2.24, 2.45) is 0 Å². The standard InChI is InChI=1S/C26H27N5O5/c1-17-3-7-20(8-4-17)34-16-23-22(35-21-9-5-18(2)6-10-21)13-25(36-23)31-15-19(28-29-31)14-30-12-11-24(32)27-26(30)33/h3-12,15,22-23,25H,13-14,16H2,1-2H3,(H,27,32,33)/t22-,23+,25+/m0/s1. The van der Waals surface area contributed by atoms with Gasteiger partial charge in [-0.2, -0.15) is 0 Å². The van der Waals surface area contributed by atoms with Crippen LogP contribution in [-0.2, 0) is 11.3 Å². The third-order valence-corrected chi connectivity index (χ3v) is 6.01. The van der Waals surface area contributed by atoms with Crippen molar-refractivity contribution in [3.63, 3.8) is 0 Å². The largest absolute Gasteiger partial charge is 0.491 e. The van der Waals surface area contributed by atoms with E-state index < -0.39 is 17.5 Å². The van der Waals surface area contributed by atoms with Crippen LogP contribution >= 0.6 is 0 Å². The molecular weight excluding hydrogens is 462 g/mol. The molecule has 1 aliphatic heterocycles. The highest BCUT2D eigenvalue weighted by Gasteiger charge is 2.39. The highest BCUT2D eigenvalue weighted by molar-refractivity contribution is 5.27. The lowest BCUT2D eigenvalue weighted by Crippen LogP contribution is -2.32. The molecule has 1 N–H and O–H groups in total. The van der Waals surface area contributed by atoms with Gasteiger partial charge in [-0.15, -0.1) is 5.10 Å². The molecule has 0 bridgehead atoms. The molecule has 10 heteroatoms. The molecule has 3 atom stereocenters. The van der Waals surface area contributed by atoms with E-state index in [2.05, 4.69) is 15.3 Å². The van der Waals surface area contributed by atoms with E-state index in [-0.39, 0.29) is 18.8 Å². The van der Waals surface area contributed by atoms with Crippen LogP contribution in [0.2, 0.25) is 0 Å². The topological polar surface area (TPSA) is 113 Å². The second-order valence-electron chi connectivity index (χ2n) is 8.89. The van der Waals surface area contributed by atoms with E-state index in [0.717, 1.165) is 22.6 Å². The summed E-state index contributed by atoms with van der Waals surface area (Å²) in [6.45, 7) is 4.54. The van der Waals surface area contributed by atoms with Gasteiger partial charge in [0.1, 0.15) is 36.0 Å². The van der Waals surface area contributed by atoms with E-state index in [1.807, 2.05) is 62.4 Å². The van der Waals surface area contributed by atoms with Crippen molar-refractivity contribution in [2.45, 2.75) is 45.2 Å². The van der Waals surface area contributed by atoms with E-state index in [1.54, 1.807) is 10.9 Å². The number of nitrogens with zero attached hydrogens (tertiary/aromatic N) is 4. The second kappa shape index (κ2) is 10.2. The number of hydrogen-bond donors (Lipinski definition) is 1.